The number of benzene rings is 2. The minimum Gasteiger partial charge on any atom is -0.426 e. The summed E-state index contributed by atoms with van der Waals surface area (Å²) in [6.07, 6.45) is 2.06. The summed E-state index contributed by atoms with van der Waals surface area (Å²) >= 11 is 0. The number of hydrogen-bond donors (Lipinski definition) is 2. The molecule has 1 aliphatic rings. The largest absolute Gasteiger partial charge is 0.426 e. The van der Waals surface area contributed by atoms with Crippen molar-refractivity contribution in [3.05, 3.63) is 106 Å². The van der Waals surface area contributed by atoms with E-state index in [0.29, 0.717) is 52.7 Å². The van der Waals surface area contributed by atoms with Crippen LogP contribution in [0.15, 0.2) is 93.2 Å². The van der Waals surface area contributed by atoms with E-state index in [1.807, 2.05) is 36.4 Å². The quantitative estimate of drug-likeness (QED) is 0.354. The third kappa shape index (κ3) is 4.47. The fourth-order valence-electron chi connectivity index (χ4n) is 4.21. The first-order chi connectivity index (χ1) is 18.2. The normalized spacial score (nSPS) is 13.9. The van der Waals surface area contributed by atoms with Gasteiger partial charge in [-0.15, -0.1) is 15.3 Å². The zero-order chi connectivity index (χ0) is 25.2. The Morgan fingerprint density at radius 3 is 2.54 bits per heavy atom. The molecule has 0 spiro atoms. The Kier molecular flexibility index (Phi) is 5.74. The van der Waals surface area contributed by atoms with Crippen molar-refractivity contribution in [3.63, 3.8) is 0 Å². The maximum Gasteiger partial charge on any atom is 0.359 e. The van der Waals surface area contributed by atoms with Gasteiger partial charge in [0.2, 0.25) is 0 Å². The molecule has 5 aromatic rings. The zero-order valence-electron chi connectivity index (χ0n) is 19.6. The fraction of sp³-hybridized carbons (Fsp3) is 0.111. The smallest absolute Gasteiger partial charge is 0.359 e. The molecule has 0 saturated carbocycles. The molecular formula is C27H21N7O3. The molecule has 0 aliphatic heterocycles. The molecule has 0 fully saturated rings. The summed E-state index contributed by atoms with van der Waals surface area (Å²) in [5, 5.41) is 20.3. The molecule has 10 nitrogen and oxygen atoms in total. The third-order valence-corrected chi connectivity index (χ3v) is 6.04. The van der Waals surface area contributed by atoms with Gasteiger partial charge in [0.05, 0.1) is 5.71 Å². The van der Waals surface area contributed by atoms with Gasteiger partial charge in [0, 0.05) is 23.1 Å². The average molecular weight is 492 g/mol. The number of aryl methyl sites for hydroxylation is 1. The summed E-state index contributed by atoms with van der Waals surface area (Å²) in [6, 6.07) is 23.6. The molecule has 1 aliphatic carbocycles. The Balaban J connectivity index is 1.29. The van der Waals surface area contributed by atoms with E-state index in [4.69, 9.17) is 4.42 Å². The second kappa shape index (κ2) is 9.50. The zero-order valence-corrected chi connectivity index (χ0v) is 19.6. The number of fused-ring (bicyclic) bond motifs is 2. The molecule has 2 aromatic carbocycles. The van der Waals surface area contributed by atoms with E-state index in [9.17, 15) is 9.59 Å². The number of anilines is 2. The van der Waals surface area contributed by atoms with Gasteiger partial charge < -0.3 is 9.73 Å². The summed E-state index contributed by atoms with van der Waals surface area (Å²) in [5.74, 6) is 1.28. The van der Waals surface area contributed by atoms with Crippen LogP contribution in [0, 0.1) is 0 Å². The molecule has 1 amide bonds. The maximum atomic E-state index is 12.6. The van der Waals surface area contributed by atoms with E-state index in [0.717, 1.165) is 12.0 Å². The number of carbonyl (C=O) groups excluding carboxylic acids is 1. The van der Waals surface area contributed by atoms with E-state index < -0.39 is 5.63 Å². The van der Waals surface area contributed by atoms with Crippen molar-refractivity contribution < 1.29 is 9.21 Å². The van der Waals surface area contributed by atoms with Crippen molar-refractivity contribution in [1.29, 1.82) is 0 Å². The first-order valence-corrected chi connectivity index (χ1v) is 11.8. The molecule has 182 valence electrons. The molecule has 37 heavy (non-hydrogen) atoms. The average Bonchev–Trinajstić information content (AvgIpc) is 3.36. The van der Waals surface area contributed by atoms with Crippen LogP contribution in [0.2, 0.25) is 0 Å². The number of nitrogens with one attached hydrogen (secondary N) is 2. The molecule has 3 aromatic heterocycles. The maximum absolute atomic E-state index is 12.6. The van der Waals surface area contributed by atoms with Crippen LogP contribution in [0.25, 0.3) is 17.0 Å². The highest BCUT2D eigenvalue weighted by atomic mass is 16.4. The Labute approximate surface area is 210 Å². The van der Waals surface area contributed by atoms with Gasteiger partial charge in [-0.05, 0) is 43.2 Å². The lowest BCUT2D eigenvalue weighted by Gasteiger charge is -2.17. The van der Waals surface area contributed by atoms with Crippen molar-refractivity contribution >= 4 is 28.8 Å². The van der Waals surface area contributed by atoms with Crippen molar-refractivity contribution in [2.75, 3.05) is 10.7 Å². The van der Waals surface area contributed by atoms with Gasteiger partial charge >= 0.3 is 5.63 Å². The molecular weight excluding hydrogens is 470 g/mol. The minimum absolute atomic E-state index is 0.0683. The van der Waals surface area contributed by atoms with E-state index in [1.165, 1.54) is 0 Å². The van der Waals surface area contributed by atoms with Crippen molar-refractivity contribution in [3.8, 4) is 11.4 Å². The number of nitrogens with zero attached hydrogens (tertiary/aromatic N) is 5. The Hall–Kier alpha value is -5.12. The lowest BCUT2D eigenvalue weighted by atomic mass is 9.95. The second-order valence-electron chi connectivity index (χ2n) is 8.51. The molecule has 3 heterocycles. The van der Waals surface area contributed by atoms with Crippen LogP contribution < -0.4 is 16.4 Å². The second-order valence-corrected chi connectivity index (χ2v) is 8.51. The summed E-state index contributed by atoms with van der Waals surface area (Å²) < 4.78 is 7.20. The number of rotatable bonds is 5. The summed E-state index contributed by atoms with van der Waals surface area (Å²) in [5.41, 5.74) is 5.82. The van der Waals surface area contributed by atoms with Gasteiger partial charge in [0.15, 0.2) is 17.3 Å². The van der Waals surface area contributed by atoms with E-state index in [1.54, 1.807) is 47.0 Å². The Morgan fingerprint density at radius 2 is 1.73 bits per heavy atom. The number of carbonyl (C=O) groups is 1. The lowest BCUT2D eigenvalue weighted by molar-refractivity contribution is 0.102. The summed E-state index contributed by atoms with van der Waals surface area (Å²) in [6.45, 7) is 0. The van der Waals surface area contributed by atoms with Crippen LogP contribution >= 0.6 is 0 Å². The molecule has 0 saturated heterocycles. The van der Waals surface area contributed by atoms with Crippen LogP contribution in [-0.4, -0.2) is 31.4 Å². The van der Waals surface area contributed by atoms with Crippen LogP contribution in [0.1, 0.15) is 34.5 Å². The standard InChI is InChI=1S/C27H21N7O3/c35-26(18-10-5-2-6-11-18)28-21-16-19-20(12-7-13-22(19)37-27(21)36)29-30-23-14-15-24-31-32-25(34(24)33-23)17-8-3-1-4-9-17/h1-6,8-11,14-16H,7,12-13H2,(H,28,35)(H,30,33)/b29-20+. The first-order valence-electron chi connectivity index (χ1n) is 11.8. The highest BCUT2D eigenvalue weighted by Gasteiger charge is 2.22. The third-order valence-electron chi connectivity index (χ3n) is 6.04. The van der Waals surface area contributed by atoms with Gasteiger partial charge in [-0.1, -0.05) is 48.5 Å². The van der Waals surface area contributed by atoms with Crippen LogP contribution in [0.3, 0.4) is 0 Å². The van der Waals surface area contributed by atoms with Gasteiger partial charge in [-0.2, -0.15) is 9.62 Å². The Bertz CT molecular complexity index is 1690. The molecule has 0 bridgehead atoms. The van der Waals surface area contributed by atoms with Crippen LogP contribution in [-0.2, 0) is 6.42 Å². The topological polar surface area (TPSA) is 127 Å². The van der Waals surface area contributed by atoms with Crippen molar-refractivity contribution in [2.24, 2.45) is 5.10 Å². The van der Waals surface area contributed by atoms with E-state index >= 15 is 0 Å². The van der Waals surface area contributed by atoms with Crippen molar-refractivity contribution in [2.45, 2.75) is 19.3 Å². The molecule has 0 unspecified atom stereocenters. The number of amides is 1. The Morgan fingerprint density at radius 1 is 0.946 bits per heavy atom. The molecule has 0 atom stereocenters. The van der Waals surface area contributed by atoms with Gasteiger partial charge in [0.25, 0.3) is 5.91 Å². The molecule has 10 heteroatoms. The number of hydrazone groups is 1. The summed E-state index contributed by atoms with van der Waals surface area (Å²) in [4.78, 5) is 25.1. The lowest BCUT2D eigenvalue weighted by Crippen LogP contribution is -2.22. The van der Waals surface area contributed by atoms with Crippen LogP contribution in [0.4, 0.5) is 11.5 Å². The molecule has 2 N–H and O–H groups in total. The van der Waals surface area contributed by atoms with Crippen LogP contribution in [0.5, 0.6) is 0 Å². The number of aromatic nitrogens is 4. The van der Waals surface area contributed by atoms with E-state index in [2.05, 4.69) is 31.1 Å². The van der Waals surface area contributed by atoms with E-state index in [-0.39, 0.29) is 11.6 Å². The summed E-state index contributed by atoms with van der Waals surface area (Å²) in [7, 11) is 0. The van der Waals surface area contributed by atoms with Gasteiger partial charge in [-0.25, -0.2) is 4.79 Å². The fourth-order valence-corrected chi connectivity index (χ4v) is 4.21. The monoisotopic (exact) mass is 491 g/mol. The number of hydrogen-bond acceptors (Lipinski definition) is 8. The highest BCUT2D eigenvalue weighted by molar-refractivity contribution is 6.06. The highest BCUT2D eigenvalue weighted by Crippen LogP contribution is 2.24. The SMILES string of the molecule is O=C(Nc1cc2c(oc1=O)CCC/C2=N\Nc1ccc2nnc(-c3ccccc3)n2n1)c1ccccc1. The van der Waals surface area contributed by atoms with Crippen molar-refractivity contribution in [1.82, 2.24) is 19.8 Å². The molecule has 6 rings (SSSR count). The van der Waals surface area contributed by atoms with Gasteiger partial charge in [0.1, 0.15) is 11.4 Å². The first kappa shape index (κ1) is 22.4. The predicted molar refractivity (Wildman–Crippen MR) is 139 cm³/mol. The molecule has 0 radical (unpaired) electrons. The van der Waals surface area contributed by atoms with Gasteiger partial charge in [-0.3, -0.25) is 10.2 Å². The minimum atomic E-state index is -0.592. The predicted octanol–water partition coefficient (Wildman–Crippen LogP) is 4.15.